The third-order valence-corrected chi connectivity index (χ3v) is 4.84. The molecule has 0 amide bonds. The summed E-state index contributed by atoms with van der Waals surface area (Å²) in [7, 11) is 0. The third-order valence-electron chi connectivity index (χ3n) is 4.15. The summed E-state index contributed by atoms with van der Waals surface area (Å²) in [6.45, 7) is 13.4. The number of piperidine rings is 1. The molecular formula is C18H38N4S. The van der Waals surface area contributed by atoms with Crippen molar-refractivity contribution in [2.24, 2.45) is 16.8 Å². The first-order valence-corrected chi connectivity index (χ1v) is 10.8. The minimum Gasteiger partial charge on any atom is -0.357 e. The second-order valence-corrected chi connectivity index (χ2v) is 7.99. The van der Waals surface area contributed by atoms with E-state index in [-0.39, 0.29) is 0 Å². The molecular weight excluding hydrogens is 304 g/mol. The highest BCUT2D eigenvalue weighted by atomic mass is 32.2. The van der Waals surface area contributed by atoms with Crippen molar-refractivity contribution >= 4 is 17.7 Å². The molecule has 1 aliphatic rings. The third kappa shape index (κ3) is 10.1. The van der Waals surface area contributed by atoms with Crippen LogP contribution in [0.3, 0.4) is 0 Å². The first kappa shape index (κ1) is 20.6. The van der Waals surface area contributed by atoms with Crippen molar-refractivity contribution in [3.63, 3.8) is 0 Å². The zero-order valence-electron chi connectivity index (χ0n) is 15.7. The zero-order valence-corrected chi connectivity index (χ0v) is 16.6. The van der Waals surface area contributed by atoms with Gasteiger partial charge in [0.1, 0.15) is 0 Å². The van der Waals surface area contributed by atoms with Crippen LogP contribution in [-0.4, -0.2) is 62.1 Å². The predicted molar refractivity (Wildman–Crippen MR) is 106 cm³/mol. The van der Waals surface area contributed by atoms with Crippen molar-refractivity contribution in [1.29, 1.82) is 0 Å². The van der Waals surface area contributed by atoms with Gasteiger partial charge >= 0.3 is 0 Å². The van der Waals surface area contributed by atoms with Gasteiger partial charge in [0.05, 0.1) is 0 Å². The lowest BCUT2D eigenvalue weighted by Gasteiger charge is -2.33. The largest absolute Gasteiger partial charge is 0.357 e. The summed E-state index contributed by atoms with van der Waals surface area (Å²) in [5.74, 6) is 3.73. The Morgan fingerprint density at radius 2 is 2.13 bits per heavy atom. The summed E-state index contributed by atoms with van der Waals surface area (Å²) < 4.78 is 0. The highest BCUT2D eigenvalue weighted by molar-refractivity contribution is 7.98. The molecule has 0 aromatic rings. The molecule has 4 nitrogen and oxygen atoms in total. The number of guanidine groups is 1. The standard InChI is InChI=1S/C18H38N4S/c1-5-19-18(20-10-6-7-12-23-4)21-13-17-9-8-11-22(15-17)14-16(2)3/h16-17H,5-15H2,1-4H3,(H2,19,20,21). The van der Waals surface area contributed by atoms with E-state index in [1.807, 2.05) is 11.8 Å². The highest BCUT2D eigenvalue weighted by Crippen LogP contribution is 2.17. The Bertz CT molecular complexity index is 320. The van der Waals surface area contributed by atoms with Crippen molar-refractivity contribution in [3.8, 4) is 0 Å². The zero-order chi connectivity index (χ0) is 16.9. The summed E-state index contributed by atoms with van der Waals surface area (Å²) in [6.07, 6.45) is 7.32. The van der Waals surface area contributed by atoms with E-state index in [2.05, 4.69) is 42.6 Å². The molecule has 136 valence electrons. The van der Waals surface area contributed by atoms with E-state index >= 15 is 0 Å². The van der Waals surface area contributed by atoms with Crippen LogP contribution in [0.5, 0.6) is 0 Å². The Morgan fingerprint density at radius 1 is 1.30 bits per heavy atom. The Kier molecular flexibility index (Phi) is 11.6. The summed E-state index contributed by atoms with van der Waals surface area (Å²) in [4.78, 5) is 7.45. The van der Waals surface area contributed by atoms with Crippen LogP contribution >= 0.6 is 11.8 Å². The van der Waals surface area contributed by atoms with Crippen molar-refractivity contribution in [1.82, 2.24) is 15.5 Å². The van der Waals surface area contributed by atoms with Gasteiger partial charge in [-0.2, -0.15) is 11.8 Å². The van der Waals surface area contributed by atoms with Crippen molar-refractivity contribution in [2.75, 3.05) is 51.3 Å². The molecule has 0 saturated carbocycles. The number of unbranched alkanes of at least 4 members (excludes halogenated alkanes) is 1. The van der Waals surface area contributed by atoms with E-state index in [9.17, 15) is 0 Å². The lowest BCUT2D eigenvalue weighted by Crippen LogP contribution is -2.40. The lowest BCUT2D eigenvalue weighted by atomic mass is 9.97. The maximum Gasteiger partial charge on any atom is 0.191 e. The Hall–Kier alpha value is -0.420. The average Bonchev–Trinajstić information content (AvgIpc) is 2.52. The molecule has 0 aromatic heterocycles. The first-order chi connectivity index (χ1) is 11.2. The van der Waals surface area contributed by atoms with Crippen LogP contribution in [0.15, 0.2) is 4.99 Å². The van der Waals surface area contributed by atoms with Gasteiger partial charge in [-0.25, -0.2) is 0 Å². The fraction of sp³-hybridized carbons (Fsp3) is 0.944. The van der Waals surface area contributed by atoms with Crippen LogP contribution in [0.25, 0.3) is 0 Å². The van der Waals surface area contributed by atoms with Gasteiger partial charge < -0.3 is 15.5 Å². The van der Waals surface area contributed by atoms with E-state index in [1.54, 1.807) is 0 Å². The van der Waals surface area contributed by atoms with E-state index in [0.29, 0.717) is 0 Å². The topological polar surface area (TPSA) is 39.7 Å². The molecule has 1 heterocycles. The highest BCUT2D eigenvalue weighted by Gasteiger charge is 2.20. The normalized spacial score (nSPS) is 20.0. The minimum absolute atomic E-state index is 0.717. The molecule has 1 rings (SSSR count). The molecule has 5 heteroatoms. The molecule has 1 aliphatic heterocycles. The Balaban J connectivity index is 2.33. The number of nitrogens with one attached hydrogen (secondary N) is 2. The number of rotatable bonds is 10. The first-order valence-electron chi connectivity index (χ1n) is 9.39. The van der Waals surface area contributed by atoms with E-state index in [1.165, 1.54) is 51.1 Å². The van der Waals surface area contributed by atoms with Gasteiger partial charge in [-0.15, -0.1) is 0 Å². The number of hydrogen-bond donors (Lipinski definition) is 2. The minimum atomic E-state index is 0.717. The van der Waals surface area contributed by atoms with Crippen LogP contribution < -0.4 is 10.6 Å². The Labute approximate surface area is 148 Å². The van der Waals surface area contributed by atoms with Crippen molar-refractivity contribution < 1.29 is 0 Å². The van der Waals surface area contributed by atoms with Crippen LogP contribution in [0.1, 0.15) is 46.5 Å². The second-order valence-electron chi connectivity index (χ2n) is 7.01. The smallest absolute Gasteiger partial charge is 0.191 e. The van der Waals surface area contributed by atoms with Gasteiger partial charge in [-0.05, 0) is 63.0 Å². The number of nitrogens with zero attached hydrogens (tertiary/aromatic N) is 2. The van der Waals surface area contributed by atoms with Gasteiger partial charge in [0, 0.05) is 32.7 Å². The molecule has 1 saturated heterocycles. The van der Waals surface area contributed by atoms with Crippen molar-refractivity contribution in [3.05, 3.63) is 0 Å². The monoisotopic (exact) mass is 342 g/mol. The molecule has 1 atom stereocenters. The quantitative estimate of drug-likeness (QED) is 0.364. The molecule has 0 bridgehead atoms. The summed E-state index contributed by atoms with van der Waals surface area (Å²) in [5.41, 5.74) is 0. The van der Waals surface area contributed by atoms with E-state index in [0.717, 1.165) is 37.4 Å². The molecule has 2 N–H and O–H groups in total. The molecule has 0 aliphatic carbocycles. The van der Waals surface area contributed by atoms with Gasteiger partial charge in [0.25, 0.3) is 0 Å². The number of thioether (sulfide) groups is 1. The van der Waals surface area contributed by atoms with Crippen LogP contribution in [0.2, 0.25) is 0 Å². The van der Waals surface area contributed by atoms with Crippen LogP contribution in [0, 0.1) is 11.8 Å². The van der Waals surface area contributed by atoms with Gasteiger partial charge in [0.2, 0.25) is 0 Å². The summed E-state index contributed by atoms with van der Waals surface area (Å²) >= 11 is 1.93. The fourth-order valence-electron chi connectivity index (χ4n) is 3.12. The van der Waals surface area contributed by atoms with E-state index < -0.39 is 0 Å². The maximum atomic E-state index is 4.83. The molecule has 1 fully saturated rings. The van der Waals surface area contributed by atoms with E-state index in [4.69, 9.17) is 4.99 Å². The van der Waals surface area contributed by atoms with Gasteiger partial charge in [-0.1, -0.05) is 13.8 Å². The molecule has 23 heavy (non-hydrogen) atoms. The molecule has 0 aromatic carbocycles. The fourth-order valence-corrected chi connectivity index (χ4v) is 3.62. The number of aliphatic imine (C=N–C) groups is 1. The summed E-state index contributed by atoms with van der Waals surface area (Å²) in [6, 6.07) is 0. The molecule has 0 spiro atoms. The SMILES string of the molecule is CCNC(=NCC1CCCN(CC(C)C)C1)NCCCCSC. The van der Waals surface area contributed by atoms with Gasteiger partial charge in [-0.3, -0.25) is 4.99 Å². The molecule has 0 radical (unpaired) electrons. The number of hydrogen-bond acceptors (Lipinski definition) is 3. The van der Waals surface area contributed by atoms with Crippen LogP contribution in [0.4, 0.5) is 0 Å². The van der Waals surface area contributed by atoms with Crippen molar-refractivity contribution in [2.45, 2.75) is 46.5 Å². The van der Waals surface area contributed by atoms with Crippen LogP contribution in [-0.2, 0) is 0 Å². The summed E-state index contributed by atoms with van der Waals surface area (Å²) in [5, 5.41) is 6.86. The lowest BCUT2D eigenvalue weighted by molar-refractivity contribution is 0.162. The second kappa shape index (κ2) is 12.9. The van der Waals surface area contributed by atoms with Gasteiger partial charge in [0.15, 0.2) is 5.96 Å². The predicted octanol–water partition coefficient (Wildman–Crippen LogP) is 3.05. The maximum absolute atomic E-state index is 4.83. The molecule has 1 unspecified atom stereocenters. The average molecular weight is 343 g/mol. The number of likely N-dealkylation sites (tertiary alicyclic amines) is 1. The Morgan fingerprint density at radius 3 is 2.83 bits per heavy atom.